The molecule has 1 aliphatic heterocycles. The predicted molar refractivity (Wildman–Crippen MR) is 122 cm³/mol. The van der Waals surface area contributed by atoms with Crippen LogP contribution in [0.1, 0.15) is 25.5 Å². The lowest BCUT2D eigenvalue weighted by Gasteiger charge is -2.28. The topological polar surface area (TPSA) is 72.3 Å². The molecule has 2 aromatic carbocycles. The summed E-state index contributed by atoms with van der Waals surface area (Å²) in [7, 11) is 3.98. The van der Waals surface area contributed by atoms with E-state index in [0.717, 1.165) is 16.8 Å². The Bertz CT molecular complexity index is 1130. The van der Waals surface area contributed by atoms with Gasteiger partial charge < -0.3 is 15.0 Å². The fourth-order valence-electron chi connectivity index (χ4n) is 3.61. The lowest BCUT2D eigenvalue weighted by Crippen LogP contribution is -2.29. The molecule has 31 heavy (non-hydrogen) atoms. The average Bonchev–Trinajstić information content (AvgIpc) is 3.17. The quantitative estimate of drug-likeness (QED) is 0.592. The molecule has 1 atom stereocenters. The van der Waals surface area contributed by atoms with Crippen LogP contribution in [0.5, 0.6) is 0 Å². The van der Waals surface area contributed by atoms with Crippen molar-refractivity contribution in [1.29, 1.82) is 0 Å². The molecule has 1 aromatic heterocycles. The monoisotopic (exact) mass is 437 g/mol. The maximum Gasteiger partial charge on any atom is 0.338 e. The van der Waals surface area contributed by atoms with E-state index in [9.17, 15) is 4.79 Å². The molecule has 0 amide bonds. The zero-order valence-corrected chi connectivity index (χ0v) is 18.6. The summed E-state index contributed by atoms with van der Waals surface area (Å²) < 4.78 is 7.11. The van der Waals surface area contributed by atoms with Crippen LogP contribution >= 0.6 is 11.6 Å². The van der Waals surface area contributed by atoms with E-state index in [4.69, 9.17) is 21.4 Å². The molecule has 0 aliphatic carbocycles. The summed E-state index contributed by atoms with van der Waals surface area (Å²) in [5, 5.41) is 8.60. The number of aromatic nitrogens is 3. The summed E-state index contributed by atoms with van der Waals surface area (Å²) >= 11 is 6.02. The molecular formula is C23H24ClN5O2. The van der Waals surface area contributed by atoms with Gasteiger partial charge in [0.15, 0.2) is 5.82 Å². The van der Waals surface area contributed by atoms with Crippen molar-refractivity contribution in [2.75, 3.05) is 30.9 Å². The normalized spacial score (nSPS) is 15.3. The van der Waals surface area contributed by atoms with Crippen molar-refractivity contribution in [3.8, 4) is 11.4 Å². The number of allylic oxidation sites excluding steroid dienone is 1. The Balaban J connectivity index is 1.83. The molecule has 0 spiro atoms. The highest BCUT2D eigenvalue weighted by atomic mass is 35.5. The standard InChI is InChI=1S/C23H24ClN5O2/c1-5-31-22(30)19-14(2)25-23-26-21(16-6-10-17(24)11-7-16)27-29(23)20(19)15-8-12-18(13-9-15)28(3)4/h6-13,20H,5H2,1-4H3,(H,25,26,27). The molecule has 1 unspecified atom stereocenters. The third-order valence-corrected chi connectivity index (χ3v) is 5.43. The van der Waals surface area contributed by atoms with E-state index in [2.05, 4.69) is 10.3 Å². The number of fused-ring (bicyclic) bond motifs is 1. The Morgan fingerprint density at radius 1 is 1.16 bits per heavy atom. The van der Waals surface area contributed by atoms with Crippen molar-refractivity contribution >= 4 is 29.2 Å². The summed E-state index contributed by atoms with van der Waals surface area (Å²) in [5.74, 6) is 0.743. The van der Waals surface area contributed by atoms with E-state index >= 15 is 0 Å². The van der Waals surface area contributed by atoms with Crippen molar-refractivity contribution in [2.45, 2.75) is 19.9 Å². The van der Waals surface area contributed by atoms with Gasteiger partial charge in [0, 0.05) is 36.1 Å². The van der Waals surface area contributed by atoms with Crippen LogP contribution in [0.25, 0.3) is 11.4 Å². The zero-order chi connectivity index (χ0) is 22.1. The molecule has 1 N–H and O–H groups in total. The lowest BCUT2D eigenvalue weighted by molar-refractivity contribution is -0.139. The highest BCUT2D eigenvalue weighted by Gasteiger charge is 2.35. The van der Waals surface area contributed by atoms with Crippen molar-refractivity contribution < 1.29 is 9.53 Å². The minimum absolute atomic E-state index is 0.294. The van der Waals surface area contributed by atoms with E-state index < -0.39 is 6.04 Å². The number of nitrogens with one attached hydrogen (secondary N) is 1. The Hall–Kier alpha value is -3.32. The van der Waals surface area contributed by atoms with Gasteiger partial charge in [0.25, 0.3) is 0 Å². The van der Waals surface area contributed by atoms with Gasteiger partial charge >= 0.3 is 5.97 Å². The molecule has 0 saturated heterocycles. The highest BCUT2D eigenvalue weighted by molar-refractivity contribution is 6.30. The van der Waals surface area contributed by atoms with Crippen LogP contribution in [-0.4, -0.2) is 41.4 Å². The maximum atomic E-state index is 12.9. The van der Waals surface area contributed by atoms with Crippen LogP contribution in [0.2, 0.25) is 5.02 Å². The number of rotatable bonds is 5. The second-order valence-electron chi connectivity index (χ2n) is 7.48. The van der Waals surface area contributed by atoms with Crippen LogP contribution in [0, 0.1) is 0 Å². The second kappa shape index (κ2) is 8.43. The molecule has 0 fully saturated rings. The van der Waals surface area contributed by atoms with Crippen molar-refractivity contribution in [3.05, 3.63) is 70.4 Å². The van der Waals surface area contributed by atoms with Gasteiger partial charge in [-0.3, -0.25) is 0 Å². The number of anilines is 2. The van der Waals surface area contributed by atoms with Crippen LogP contribution < -0.4 is 10.2 Å². The number of benzene rings is 2. The molecule has 3 aromatic rings. The first-order valence-corrected chi connectivity index (χ1v) is 10.4. The molecular weight excluding hydrogens is 414 g/mol. The number of carbonyl (C=O) groups excluding carboxylic acids is 1. The highest BCUT2D eigenvalue weighted by Crippen LogP contribution is 2.37. The molecule has 0 bridgehead atoms. The van der Waals surface area contributed by atoms with E-state index in [1.165, 1.54) is 0 Å². The van der Waals surface area contributed by atoms with Gasteiger partial charge in [0.05, 0.1) is 12.2 Å². The van der Waals surface area contributed by atoms with Gasteiger partial charge in [-0.1, -0.05) is 23.7 Å². The summed E-state index contributed by atoms with van der Waals surface area (Å²) in [4.78, 5) is 19.6. The molecule has 160 valence electrons. The van der Waals surface area contributed by atoms with Crippen molar-refractivity contribution in [1.82, 2.24) is 14.8 Å². The van der Waals surface area contributed by atoms with Gasteiger partial charge in [0.1, 0.15) is 6.04 Å². The van der Waals surface area contributed by atoms with Crippen molar-refractivity contribution in [2.24, 2.45) is 0 Å². The summed E-state index contributed by atoms with van der Waals surface area (Å²) in [6, 6.07) is 14.9. The minimum atomic E-state index is -0.458. The van der Waals surface area contributed by atoms with Gasteiger partial charge in [-0.15, -0.1) is 5.10 Å². The number of hydrogen-bond donors (Lipinski definition) is 1. The van der Waals surface area contributed by atoms with Gasteiger partial charge in [-0.25, -0.2) is 9.48 Å². The largest absolute Gasteiger partial charge is 0.463 e. The number of carbonyl (C=O) groups is 1. The van der Waals surface area contributed by atoms with Crippen molar-refractivity contribution in [3.63, 3.8) is 0 Å². The Morgan fingerprint density at radius 2 is 1.84 bits per heavy atom. The number of ether oxygens (including phenoxy) is 1. The number of nitrogens with zero attached hydrogens (tertiary/aromatic N) is 4. The molecule has 7 nitrogen and oxygen atoms in total. The Labute approximate surface area is 186 Å². The molecule has 8 heteroatoms. The van der Waals surface area contributed by atoms with Gasteiger partial charge in [0.2, 0.25) is 5.95 Å². The molecule has 4 rings (SSSR count). The van der Waals surface area contributed by atoms with E-state index in [1.54, 1.807) is 23.7 Å². The maximum absolute atomic E-state index is 12.9. The third kappa shape index (κ3) is 4.01. The summed E-state index contributed by atoms with van der Waals surface area (Å²) in [6.07, 6.45) is 0. The number of esters is 1. The fourth-order valence-corrected chi connectivity index (χ4v) is 3.73. The zero-order valence-electron chi connectivity index (χ0n) is 17.9. The molecule has 1 aliphatic rings. The first kappa shape index (κ1) is 20.9. The SMILES string of the molecule is CCOC(=O)C1=C(C)Nc2nc(-c3ccc(Cl)cc3)nn2C1c1ccc(N(C)C)cc1. The number of halogens is 1. The predicted octanol–water partition coefficient (Wildman–Crippen LogP) is 4.52. The summed E-state index contributed by atoms with van der Waals surface area (Å²) in [5.41, 5.74) is 4.03. The van der Waals surface area contributed by atoms with Gasteiger partial charge in [-0.05, 0) is 55.8 Å². The van der Waals surface area contributed by atoms with E-state index in [1.807, 2.05) is 62.3 Å². The second-order valence-corrected chi connectivity index (χ2v) is 7.92. The van der Waals surface area contributed by atoms with E-state index in [0.29, 0.717) is 34.7 Å². The smallest absolute Gasteiger partial charge is 0.338 e. The van der Waals surface area contributed by atoms with Crippen LogP contribution in [0.4, 0.5) is 11.6 Å². The molecule has 0 radical (unpaired) electrons. The lowest BCUT2D eigenvalue weighted by atomic mass is 9.95. The van der Waals surface area contributed by atoms with E-state index in [-0.39, 0.29) is 5.97 Å². The van der Waals surface area contributed by atoms with Crippen LogP contribution in [-0.2, 0) is 9.53 Å². The fraction of sp³-hybridized carbons (Fsp3) is 0.261. The van der Waals surface area contributed by atoms with Crippen LogP contribution in [0.15, 0.2) is 59.8 Å². The van der Waals surface area contributed by atoms with Crippen LogP contribution in [0.3, 0.4) is 0 Å². The first-order valence-electron chi connectivity index (χ1n) is 10.0. The minimum Gasteiger partial charge on any atom is -0.463 e. The Kier molecular flexibility index (Phi) is 5.69. The Morgan fingerprint density at radius 3 is 2.45 bits per heavy atom. The average molecular weight is 438 g/mol. The molecule has 0 saturated carbocycles. The molecule has 2 heterocycles. The summed E-state index contributed by atoms with van der Waals surface area (Å²) in [6.45, 7) is 3.94. The van der Waals surface area contributed by atoms with Gasteiger partial charge in [-0.2, -0.15) is 4.98 Å². The third-order valence-electron chi connectivity index (χ3n) is 5.18. The first-order chi connectivity index (χ1) is 14.9. The number of hydrogen-bond acceptors (Lipinski definition) is 6.